The average molecular weight is 951 g/mol. The monoisotopic (exact) mass is 950 g/mol. The summed E-state index contributed by atoms with van der Waals surface area (Å²) in [6.45, 7) is 14.8. The Morgan fingerprint density at radius 1 is 0.642 bits per heavy atom. The van der Waals surface area contributed by atoms with Crippen molar-refractivity contribution in [3.05, 3.63) is 114 Å². The number of nitrogens with zero attached hydrogens (tertiary/aromatic N) is 2. The third-order valence-electron chi connectivity index (χ3n) is 13.2. The number of imide groups is 2. The number of benzene rings is 2. The van der Waals surface area contributed by atoms with Gasteiger partial charge in [-0.25, -0.2) is 0 Å². The molecule has 6 amide bonds. The summed E-state index contributed by atoms with van der Waals surface area (Å²) in [4.78, 5) is 103. The Kier molecular flexibility index (Phi) is 14.1. The fourth-order valence-corrected chi connectivity index (χ4v) is 11.0. The minimum absolute atomic E-state index is 0.00775. The number of aliphatic hydroxyl groups excluding tert-OH is 1. The number of thiophene rings is 2. The molecule has 14 nitrogen and oxygen atoms in total. The van der Waals surface area contributed by atoms with Gasteiger partial charge in [-0.05, 0) is 76.8 Å². The zero-order valence-corrected chi connectivity index (χ0v) is 40.6. The van der Waals surface area contributed by atoms with Gasteiger partial charge in [-0.2, -0.15) is 0 Å². The van der Waals surface area contributed by atoms with Gasteiger partial charge in [0.25, 0.3) is 11.8 Å². The molecule has 6 heterocycles. The summed E-state index contributed by atoms with van der Waals surface area (Å²) < 4.78 is 0. The van der Waals surface area contributed by atoms with Crippen LogP contribution in [0, 0.1) is 0 Å². The van der Waals surface area contributed by atoms with E-state index in [0.29, 0.717) is 54.5 Å². The molecule has 0 aliphatic carbocycles. The summed E-state index contributed by atoms with van der Waals surface area (Å²) in [6, 6.07) is 13.6. The number of rotatable bonds is 12. The van der Waals surface area contributed by atoms with Gasteiger partial charge in [0.2, 0.25) is 23.6 Å². The number of Topliss-reactive ketones (excluding diaryl/α,β-unsaturated/α-hetero) is 2. The van der Waals surface area contributed by atoms with E-state index in [1.807, 2.05) is 24.3 Å². The van der Waals surface area contributed by atoms with Crippen molar-refractivity contribution in [2.75, 3.05) is 0 Å². The summed E-state index contributed by atoms with van der Waals surface area (Å²) in [5, 5.41) is 29.7. The Morgan fingerprint density at radius 3 is 1.46 bits per heavy atom. The predicted octanol–water partition coefficient (Wildman–Crippen LogP) is 6.26. The van der Waals surface area contributed by atoms with Gasteiger partial charge in [0.15, 0.2) is 11.6 Å². The Morgan fingerprint density at radius 2 is 1.04 bits per heavy atom. The highest BCUT2D eigenvalue weighted by molar-refractivity contribution is 7.10. The number of nitrogens with one attached hydrogen (secondary N) is 2. The smallest absolute Gasteiger partial charge is 0.256 e. The molecule has 4 unspecified atom stereocenters. The van der Waals surface area contributed by atoms with Crippen LogP contribution in [0.25, 0.3) is 0 Å². The first-order valence-corrected chi connectivity index (χ1v) is 24.4. The van der Waals surface area contributed by atoms with Crippen molar-refractivity contribution in [1.29, 1.82) is 0 Å². The molecule has 0 saturated carbocycles. The molecule has 4 aliphatic heterocycles. The highest BCUT2D eigenvalue weighted by Crippen LogP contribution is 2.37. The van der Waals surface area contributed by atoms with Crippen LogP contribution in [0.2, 0.25) is 0 Å². The number of hydrogen-bond acceptors (Lipinski definition) is 12. The molecule has 4 aromatic rings. The van der Waals surface area contributed by atoms with Crippen molar-refractivity contribution < 1.29 is 48.6 Å². The fourth-order valence-electron chi connectivity index (χ4n) is 8.88. The van der Waals surface area contributed by atoms with E-state index in [-0.39, 0.29) is 78.3 Å². The number of carbonyl (C=O) groups excluding carboxylic acids is 8. The largest absolute Gasteiger partial charge is 0.381 e. The molecule has 4 atom stereocenters. The van der Waals surface area contributed by atoms with Crippen LogP contribution < -0.4 is 10.6 Å². The van der Waals surface area contributed by atoms with Gasteiger partial charge < -0.3 is 20.0 Å². The highest BCUT2D eigenvalue weighted by atomic mass is 32.1. The first kappa shape index (κ1) is 49.2. The molecule has 2 aromatic carbocycles. The average Bonchev–Trinajstić information content (AvgIpc) is 4.04. The van der Waals surface area contributed by atoms with Gasteiger partial charge in [-0.15, -0.1) is 22.7 Å². The predicted molar refractivity (Wildman–Crippen MR) is 252 cm³/mol. The molecule has 16 heteroatoms. The first-order chi connectivity index (χ1) is 31.4. The molecule has 2 fully saturated rings. The van der Waals surface area contributed by atoms with Crippen LogP contribution in [0.1, 0.15) is 157 Å². The number of hydrogen-bond donors (Lipinski definition) is 4. The van der Waals surface area contributed by atoms with Crippen molar-refractivity contribution in [3.8, 4) is 0 Å². The molecule has 4 aliphatic rings. The molecule has 2 saturated heterocycles. The maximum Gasteiger partial charge on any atom is 0.256 e. The standard InChI is InChI=1S/C26H30N2O5S.C25H28N2O5S/c1-25(2,3)15-5-7-16(8-6-15)26(4,33)21(29)11-10-20-17-13-28(24(32)18(17)14-34-20)19-9-12-22(30)27-23(19)31;1-25(2,3)15-6-4-14(5-7-15)22(30)19(28)9-10-20-16-12-27(24(32)17(16)13-33-20)18-8-11-21(29)26-23(18)31/h5-8,14,19,33H,9-13H2,1-4H3,(H,27,30,31);4-7,13,18,22,30H,8-12H2,1-3H3,(H,26,29,31). The number of aliphatic hydroxyl groups is 2. The van der Waals surface area contributed by atoms with Crippen LogP contribution >= 0.6 is 22.7 Å². The Labute approximate surface area is 398 Å². The van der Waals surface area contributed by atoms with Gasteiger partial charge in [0.05, 0.1) is 11.1 Å². The van der Waals surface area contributed by atoms with Crippen molar-refractivity contribution in [2.24, 2.45) is 0 Å². The molecule has 67 heavy (non-hydrogen) atoms. The third kappa shape index (κ3) is 10.4. The van der Waals surface area contributed by atoms with Crippen LogP contribution in [-0.2, 0) is 71.1 Å². The second-order valence-corrected chi connectivity index (χ2v) is 21.9. The van der Waals surface area contributed by atoms with Gasteiger partial charge in [0.1, 0.15) is 23.8 Å². The summed E-state index contributed by atoms with van der Waals surface area (Å²) in [6.07, 6.45) is 0.984. The quantitative estimate of drug-likeness (QED) is 0.117. The topological polar surface area (TPSA) is 208 Å². The summed E-state index contributed by atoms with van der Waals surface area (Å²) in [7, 11) is 0. The van der Waals surface area contributed by atoms with E-state index in [2.05, 4.69) is 52.2 Å². The van der Waals surface area contributed by atoms with Crippen LogP contribution in [0.15, 0.2) is 59.3 Å². The summed E-state index contributed by atoms with van der Waals surface area (Å²) >= 11 is 2.85. The minimum atomic E-state index is -1.61. The number of carbonyl (C=O) groups is 8. The molecule has 4 N–H and O–H groups in total. The maximum atomic E-state index is 13.0. The lowest BCUT2D eigenvalue weighted by Crippen LogP contribution is -2.52. The molecule has 8 rings (SSSR count). The van der Waals surface area contributed by atoms with Crippen molar-refractivity contribution in [2.45, 2.75) is 148 Å². The van der Waals surface area contributed by atoms with Gasteiger partial charge in [-0.3, -0.25) is 49.0 Å². The minimum Gasteiger partial charge on any atom is -0.381 e. The van der Waals surface area contributed by atoms with Crippen molar-refractivity contribution >= 4 is 69.7 Å². The Hall–Kier alpha value is -5.68. The van der Waals surface area contributed by atoms with E-state index in [4.69, 9.17) is 0 Å². The Balaban J connectivity index is 0.000000199. The molecular weight excluding hydrogens is 893 g/mol. The summed E-state index contributed by atoms with van der Waals surface area (Å²) in [5.74, 6) is -2.51. The normalized spacial score (nSPS) is 19.8. The Bertz CT molecular complexity index is 2630. The maximum absolute atomic E-state index is 13.0. The van der Waals surface area contributed by atoms with E-state index in [9.17, 15) is 48.6 Å². The molecular formula is C51H58N4O10S2. The number of fused-ring (bicyclic) bond motifs is 2. The third-order valence-corrected chi connectivity index (χ3v) is 15.4. The molecule has 354 valence electrons. The number of amides is 6. The zero-order valence-electron chi connectivity index (χ0n) is 38.9. The second kappa shape index (κ2) is 19.1. The SMILES string of the molecule is CC(C)(C)c1ccc(C(C)(O)C(=O)CCc2scc3c2CN(C2CCC(=O)NC2=O)C3=O)cc1.CC(C)(C)c1ccc(C(O)C(=O)CCc2scc3c2CN(C2CCC(=O)NC2=O)C3=O)cc1. The second-order valence-electron chi connectivity index (χ2n) is 20.0. The van der Waals surface area contributed by atoms with Crippen LogP contribution in [0.4, 0.5) is 0 Å². The highest BCUT2D eigenvalue weighted by Gasteiger charge is 2.42. The lowest BCUT2D eigenvalue weighted by Gasteiger charge is -2.29. The molecule has 2 aromatic heterocycles. The van der Waals surface area contributed by atoms with E-state index in [1.54, 1.807) is 35.0 Å². The number of piperidine rings is 2. The zero-order chi connectivity index (χ0) is 48.7. The number of ketones is 2. The van der Waals surface area contributed by atoms with Gasteiger partial charge in [-0.1, -0.05) is 90.1 Å². The summed E-state index contributed by atoms with van der Waals surface area (Å²) in [5.41, 5.74) is 4.54. The van der Waals surface area contributed by atoms with E-state index in [1.165, 1.54) is 39.4 Å². The van der Waals surface area contributed by atoms with Crippen molar-refractivity contribution in [1.82, 2.24) is 20.4 Å². The molecule has 0 spiro atoms. The van der Waals surface area contributed by atoms with E-state index >= 15 is 0 Å². The van der Waals surface area contributed by atoms with Crippen molar-refractivity contribution in [3.63, 3.8) is 0 Å². The first-order valence-electron chi connectivity index (χ1n) is 22.6. The van der Waals surface area contributed by atoms with Crippen LogP contribution in [-0.4, -0.2) is 79.1 Å². The van der Waals surface area contributed by atoms with E-state index in [0.717, 1.165) is 32.0 Å². The lowest BCUT2D eigenvalue weighted by molar-refractivity contribution is -0.138. The van der Waals surface area contributed by atoms with Gasteiger partial charge in [0, 0.05) is 59.3 Å². The lowest BCUT2D eigenvalue weighted by atomic mass is 9.83. The number of aryl methyl sites for hydroxylation is 2. The van der Waals surface area contributed by atoms with Crippen LogP contribution in [0.5, 0.6) is 0 Å². The van der Waals surface area contributed by atoms with Gasteiger partial charge >= 0.3 is 0 Å². The molecule has 0 radical (unpaired) electrons. The molecule has 0 bridgehead atoms. The fraction of sp³-hybridized carbons (Fsp3) is 0.451. The van der Waals surface area contributed by atoms with Crippen LogP contribution in [0.3, 0.4) is 0 Å². The van der Waals surface area contributed by atoms with E-state index < -0.39 is 35.6 Å².